The number of rotatable bonds is 12. The molecule has 3 aromatic rings. The van der Waals surface area contributed by atoms with Crippen LogP contribution in [0, 0.1) is 0 Å². The molecule has 8 nitrogen and oxygen atoms in total. The number of nitrogens with two attached hydrogens (primary N) is 2. The molecule has 198 valence electrons. The number of ether oxygens (including phenoxy) is 3. The van der Waals surface area contributed by atoms with Crippen LogP contribution in [0.15, 0.2) is 72.8 Å². The van der Waals surface area contributed by atoms with Crippen molar-refractivity contribution in [3.63, 3.8) is 0 Å². The number of esters is 3. The van der Waals surface area contributed by atoms with E-state index in [0.29, 0.717) is 28.3 Å². The number of benzene rings is 3. The maximum Gasteiger partial charge on any atom is 0.338 e. The lowest BCUT2D eigenvalue weighted by atomic mass is 10.1. The highest BCUT2D eigenvalue weighted by molar-refractivity contribution is 5.92. The number of carbonyl (C=O) groups is 3. The molecule has 0 aromatic heterocycles. The summed E-state index contributed by atoms with van der Waals surface area (Å²) in [6, 6.07) is 18.5. The maximum atomic E-state index is 12.2. The Balaban J connectivity index is 1.40. The second-order valence-corrected chi connectivity index (χ2v) is 8.64. The van der Waals surface area contributed by atoms with Gasteiger partial charge >= 0.3 is 17.9 Å². The highest BCUT2D eigenvalue weighted by Crippen LogP contribution is 2.16. The third kappa shape index (κ3) is 9.13. The van der Waals surface area contributed by atoms with Crippen LogP contribution in [0.3, 0.4) is 0 Å². The Labute approximate surface area is 222 Å². The average molecular weight is 517 g/mol. The second kappa shape index (κ2) is 14.2. The van der Waals surface area contributed by atoms with Crippen LogP contribution in [-0.4, -0.2) is 31.1 Å². The second-order valence-electron chi connectivity index (χ2n) is 8.64. The van der Waals surface area contributed by atoms with E-state index in [1.165, 1.54) is 42.7 Å². The van der Waals surface area contributed by atoms with Crippen molar-refractivity contribution in [2.45, 2.75) is 32.6 Å². The third-order valence-corrected chi connectivity index (χ3v) is 5.53. The van der Waals surface area contributed by atoms with E-state index < -0.39 is 17.9 Å². The molecular formula is C30H32N2O6. The van der Waals surface area contributed by atoms with E-state index in [1.807, 2.05) is 12.1 Å². The predicted molar refractivity (Wildman–Crippen MR) is 147 cm³/mol. The number of nitrogen functional groups attached to an aromatic ring is 2. The van der Waals surface area contributed by atoms with Gasteiger partial charge in [0.2, 0.25) is 0 Å². The van der Waals surface area contributed by atoms with Gasteiger partial charge in [-0.05, 0) is 72.5 Å². The minimum atomic E-state index is -0.617. The van der Waals surface area contributed by atoms with Crippen molar-refractivity contribution >= 4 is 35.4 Å². The minimum absolute atomic E-state index is 0.115. The van der Waals surface area contributed by atoms with E-state index in [0.717, 1.165) is 12.8 Å². The quantitative estimate of drug-likeness (QED) is 0.110. The van der Waals surface area contributed by atoms with Gasteiger partial charge in [-0.15, -0.1) is 0 Å². The summed E-state index contributed by atoms with van der Waals surface area (Å²) in [5.74, 6) is -1.20. The molecule has 38 heavy (non-hydrogen) atoms. The van der Waals surface area contributed by atoms with Gasteiger partial charge in [-0.3, -0.25) is 0 Å². The first-order valence-electron chi connectivity index (χ1n) is 12.4. The molecule has 4 N–H and O–H groups in total. The minimum Gasteiger partial charge on any atom is -0.458 e. The SMILES string of the molecule is CCCCCc1ccc(OC(=O)/C=C/c2ccc(C(=O)OCCOC(=O)c3cc(N)cc(N)c3)cc2)cc1. The number of aryl methyl sites for hydroxylation is 1. The standard InChI is InChI=1S/C30H32N2O6/c1-2-3-4-5-21-8-13-27(14-9-21)38-28(33)15-10-22-6-11-23(12-7-22)29(34)36-16-17-37-30(35)24-18-25(31)20-26(32)19-24/h6-15,18-20H,2-5,16-17,31-32H2,1H3/b15-10+. The fourth-order valence-corrected chi connectivity index (χ4v) is 3.58. The van der Waals surface area contributed by atoms with Crippen molar-refractivity contribution < 1.29 is 28.6 Å². The van der Waals surface area contributed by atoms with Crippen LogP contribution in [0.5, 0.6) is 5.75 Å². The molecule has 0 bridgehead atoms. The van der Waals surface area contributed by atoms with Crippen molar-refractivity contribution in [2.75, 3.05) is 24.7 Å². The topological polar surface area (TPSA) is 131 Å². The van der Waals surface area contributed by atoms with E-state index in [2.05, 4.69) is 6.92 Å². The van der Waals surface area contributed by atoms with E-state index in [9.17, 15) is 14.4 Å². The summed E-state index contributed by atoms with van der Waals surface area (Å²) < 4.78 is 15.6. The van der Waals surface area contributed by atoms with E-state index >= 15 is 0 Å². The highest BCUT2D eigenvalue weighted by atomic mass is 16.6. The summed E-state index contributed by atoms with van der Waals surface area (Å²) in [5, 5.41) is 0. The molecule has 0 aliphatic heterocycles. The van der Waals surface area contributed by atoms with Gasteiger partial charge in [0.15, 0.2) is 0 Å². The predicted octanol–water partition coefficient (Wildman–Crippen LogP) is 5.22. The lowest BCUT2D eigenvalue weighted by Crippen LogP contribution is -2.14. The first-order chi connectivity index (χ1) is 18.3. The van der Waals surface area contributed by atoms with Gasteiger partial charge in [0.25, 0.3) is 0 Å². The molecule has 8 heteroatoms. The lowest BCUT2D eigenvalue weighted by Gasteiger charge is -2.08. The summed E-state index contributed by atoms with van der Waals surface area (Å²) in [4.78, 5) is 36.4. The van der Waals surface area contributed by atoms with Crippen molar-refractivity contribution in [3.8, 4) is 5.75 Å². The molecule has 0 aliphatic carbocycles. The summed E-state index contributed by atoms with van der Waals surface area (Å²) in [5.41, 5.74) is 14.5. The van der Waals surface area contributed by atoms with Crippen LogP contribution in [0.1, 0.15) is 58.0 Å². The zero-order valence-electron chi connectivity index (χ0n) is 21.4. The van der Waals surface area contributed by atoms with Crippen LogP contribution in [0.2, 0.25) is 0 Å². The van der Waals surface area contributed by atoms with Crippen LogP contribution >= 0.6 is 0 Å². The fourth-order valence-electron chi connectivity index (χ4n) is 3.58. The van der Waals surface area contributed by atoms with Crippen LogP contribution in [0.4, 0.5) is 11.4 Å². The zero-order chi connectivity index (χ0) is 27.3. The van der Waals surface area contributed by atoms with E-state index in [1.54, 1.807) is 42.5 Å². The number of carbonyl (C=O) groups excluding carboxylic acids is 3. The Bertz CT molecular complexity index is 1250. The molecule has 3 rings (SSSR count). The van der Waals surface area contributed by atoms with Crippen molar-refractivity contribution in [3.05, 3.63) is 95.1 Å². The maximum absolute atomic E-state index is 12.2. The fraction of sp³-hybridized carbons (Fsp3) is 0.233. The first kappa shape index (κ1) is 28.0. The molecule has 0 unspecified atom stereocenters. The van der Waals surface area contributed by atoms with E-state index in [-0.39, 0.29) is 18.8 Å². The smallest absolute Gasteiger partial charge is 0.338 e. The molecule has 0 amide bonds. The van der Waals surface area contributed by atoms with Gasteiger partial charge in [-0.25, -0.2) is 14.4 Å². The number of anilines is 2. The summed E-state index contributed by atoms with van der Waals surface area (Å²) in [7, 11) is 0. The zero-order valence-corrected chi connectivity index (χ0v) is 21.4. The van der Waals surface area contributed by atoms with E-state index in [4.69, 9.17) is 25.7 Å². The van der Waals surface area contributed by atoms with Crippen molar-refractivity contribution in [1.29, 1.82) is 0 Å². The summed E-state index contributed by atoms with van der Waals surface area (Å²) >= 11 is 0. The molecule has 0 radical (unpaired) electrons. The largest absolute Gasteiger partial charge is 0.458 e. The Morgan fingerprint density at radius 1 is 0.763 bits per heavy atom. The van der Waals surface area contributed by atoms with Crippen LogP contribution < -0.4 is 16.2 Å². The molecule has 0 atom stereocenters. The molecule has 0 heterocycles. The average Bonchev–Trinajstić information content (AvgIpc) is 2.90. The first-order valence-corrected chi connectivity index (χ1v) is 12.4. The van der Waals surface area contributed by atoms with Crippen molar-refractivity contribution in [2.24, 2.45) is 0 Å². The summed E-state index contributed by atoms with van der Waals surface area (Å²) in [6.07, 6.45) is 7.45. The van der Waals surface area contributed by atoms with Gasteiger partial charge in [0.1, 0.15) is 19.0 Å². The number of hydrogen-bond acceptors (Lipinski definition) is 8. The monoisotopic (exact) mass is 516 g/mol. The molecule has 3 aromatic carbocycles. The van der Waals surface area contributed by atoms with Gasteiger partial charge in [-0.2, -0.15) is 0 Å². The van der Waals surface area contributed by atoms with Gasteiger partial charge < -0.3 is 25.7 Å². The van der Waals surface area contributed by atoms with Crippen molar-refractivity contribution in [1.82, 2.24) is 0 Å². The third-order valence-electron chi connectivity index (χ3n) is 5.53. The molecule has 0 saturated carbocycles. The summed E-state index contributed by atoms with van der Waals surface area (Å²) in [6.45, 7) is 1.93. The number of unbranched alkanes of at least 4 members (excludes halogenated alkanes) is 2. The lowest BCUT2D eigenvalue weighted by molar-refractivity contribution is -0.128. The molecule has 0 fully saturated rings. The normalized spacial score (nSPS) is 10.8. The Morgan fingerprint density at radius 2 is 1.37 bits per heavy atom. The Kier molecular flexibility index (Phi) is 10.5. The highest BCUT2D eigenvalue weighted by Gasteiger charge is 2.11. The van der Waals surface area contributed by atoms with Gasteiger partial charge in [0, 0.05) is 17.5 Å². The number of hydrogen-bond donors (Lipinski definition) is 2. The molecule has 0 saturated heterocycles. The van der Waals surface area contributed by atoms with Crippen LogP contribution in [-0.2, 0) is 20.7 Å². The van der Waals surface area contributed by atoms with Gasteiger partial charge in [0.05, 0.1) is 11.1 Å². The molecule has 0 aliphatic rings. The Hall–Kier alpha value is -4.59. The Morgan fingerprint density at radius 3 is 1.97 bits per heavy atom. The molecular weight excluding hydrogens is 484 g/mol. The molecule has 0 spiro atoms. The van der Waals surface area contributed by atoms with Crippen LogP contribution in [0.25, 0.3) is 6.08 Å². The van der Waals surface area contributed by atoms with Gasteiger partial charge in [-0.1, -0.05) is 44.0 Å².